The number of aryl methyl sites for hydroxylation is 1. The lowest BCUT2D eigenvalue weighted by molar-refractivity contribution is 0.0948. The molecule has 2 rings (SSSR count). The van der Waals surface area contributed by atoms with E-state index in [9.17, 15) is 0 Å². The Labute approximate surface area is 117 Å². The number of furan rings is 1. The summed E-state index contributed by atoms with van der Waals surface area (Å²) in [4.78, 5) is 2.42. The van der Waals surface area contributed by atoms with E-state index in [1.165, 1.54) is 32.1 Å². The first-order valence-electron chi connectivity index (χ1n) is 7.51. The van der Waals surface area contributed by atoms with Gasteiger partial charge >= 0.3 is 0 Å². The molecule has 3 nitrogen and oxygen atoms in total. The molecule has 1 atom stereocenters. The average molecular weight is 264 g/mol. The SMILES string of the molecule is Cc1ccc(C(C)NCC2(N(C)C)CCCCC2)o1. The monoisotopic (exact) mass is 264 g/mol. The third-order valence-electron chi connectivity index (χ3n) is 4.66. The summed E-state index contributed by atoms with van der Waals surface area (Å²) in [6.45, 7) is 5.23. The summed E-state index contributed by atoms with van der Waals surface area (Å²) >= 11 is 0. The second kappa shape index (κ2) is 6.10. The van der Waals surface area contributed by atoms with Crippen molar-refractivity contribution in [3.05, 3.63) is 23.7 Å². The molecule has 3 heteroatoms. The molecule has 0 bridgehead atoms. The van der Waals surface area contributed by atoms with Crippen LogP contribution in [0.15, 0.2) is 16.5 Å². The normalized spacial score (nSPS) is 20.7. The topological polar surface area (TPSA) is 28.4 Å². The van der Waals surface area contributed by atoms with Crippen LogP contribution < -0.4 is 5.32 Å². The van der Waals surface area contributed by atoms with Gasteiger partial charge in [0.1, 0.15) is 11.5 Å². The van der Waals surface area contributed by atoms with E-state index in [4.69, 9.17) is 4.42 Å². The van der Waals surface area contributed by atoms with Crippen molar-refractivity contribution in [2.45, 2.75) is 57.5 Å². The average Bonchev–Trinajstić information content (AvgIpc) is 2.83. The van der Waals surface area contributed by atoms with E-state index >= 15 is 0 Å². The maximum atomic E-state index is 5.70. The zero-order valence-corrected chi connectivity index (χ0v) is 12.8. The predicted molar refractivity (Wildman–Crippen MR) is 79.4 cm³/mol. The van der Waals surface area contributed by atoms with Crippen LogP contribution in [-0.2, 0) is 0 Å². The van der Waals surface area contributed by atoms with Crippen molar-refractivity contribution in [2.24, 2.45) is 0 Å². The van der Waals surface area contributed by atoms with E-state index in [0.29, 0.717) is 5.54 Å². The lowest BCUT2D eigenvalue weighted by Gasteiger charge is -2.43. The molecule has 108 valence electrons. The Morgan fingerprint density at radius 3 is 2.47 bits per heavy atom. The number of hydrogen-bond acceptors (Lipinski definition) is 3. The van der Waals surface area contributed by atoms with Gasteiger partial charge in [-0.25, -0.2) is 0 Å². The first kappa shape index (κ1) is 14.6. The van der Waals surface area contributed by atoms with Crippen LogP contribution in [0.25, 0.3) is 0 Å². The Kier molecular flexibility index (Phi) is 4.69. The van der Waals surface area contributed by atoms with E-state index < -0.39 is 0 Å². The molecule has 0 aliphatic heterocycles. The van der Waals surface area contributed by atoms with E-state index in [2.05, 4.69) is 37.3 Å². The Morgan fingerprint density at radius 2 is 1.95 bits per heavy atom. The zero-order valence-electron chi connectivity index (χ0n) is 12.8. The predicted octanol–water partition coefficient (Wildman–Crippen LogP) is 3.50. The van der Waals surface area contributed by atoms with Gasteiger partial charge in [-0.15, -0.1) is 0 Å². The second-order valence-electron chi connectivity index (χ2n) is 6.23. The molecular weight excluding hydrogens is 236 g/mol. The van der Waals surface area contributed by atoms with Crippen molar-refractivity contribution in [2.75, 3.05) is 20.6 Å². The summed E-state index contributed by atoms with van der Waals surface area (Å²) in [5, 5.41) is 3.67. The van der Waals surface area contributed by atoms with Crippen molar-refractivity contribution >= 4 is 0 Å². The van der Waals surface area contributed by atoms with Crippen LogP contribution in [0.2, 0.25) is 0 Å². The third-order valence-corrected chi connectivity index (χ3v) is 4.66. The van der Waals surface area contributed by atoms with Gasteiger partial charge in [0.25, 0.3) is 0 Å². The zero-order chi connectivity index (χ0) is 13.9. The Morgan fingerprint density at radius 1 is 1.26 bits per heavy atom. The molecule has 0 radical (unpaired) electrons. The molecule has 1 heterocycles. The highest BCUT2D eigenvalue weighted by Crippen LogP contribution is 2.32. The number of hydrogen-bond donors (Lipinski definition) is 1. The molecule has 0 saturated heterocycles. The fourth-order valence-electron chi connectivity index (χ4n) is 3.12. The van der Waals surface area contributed by atoms with Gasteiger partial charge in [-0.1, -0.05) is 19.3 Å². The quantitative estimate of drug-likeness (QED) is 0.882. The minimum Gasteiger partial charge on any atom is -0.465 e. The molecule has 0 spiro atoms. The highest BCUT2D eigenvalue weighted by Gasteiger charge is 2.34. The van der Waals surface area contributed by atoms with Crippen LogP contribution in [0.1, 0.15) is 56.6 Å². The molecule has 0 amide bonds. The Hall–Kier alpha value is -0.800. The van der Waals surface area contributed by atoms with Crippen LogP contribution >= 0.6 is 0 Å². The van der Waals surface area contributed by atoms with Crippen molar-refractivity contribution in [3.8, 4) is 0 Å². The number of likely N-dealkylation sites (N-methyl/N-ethyl adjacent to an activating group) is 1. The molecule has 1 aromatic rings. The number of nitrogens with zero attached hydrogens (tertiary/aromatic N) is 1. The lowest BCUT2D eigenvalue weighted by Crippen LogP contribution is -2.53. The molecule has 1 fully saturated rings. The summed E-state index contributed by atoms with van der Waals surface area (Å²) in [6.07, 6.45) is 6.71. The van der Waals surface area contributed by atoms with Crippen molar-refractivity contribution in [1.29, 1.82) is 0 Å². The fourth-order valence-corrected chi connectivity index (χ4v) is 3.12. The highest BCUT2D eigenvalue weighted by atomic mass is 16.3. The largest absolute Gasteiger partial charge is 0.465 e. The molecule has 1 aromatic heterocycles. The van der Waals surface area contributed by atoms with Gasteiger partial charge in [0, 0.05) is 12.1 Å². The van der Waals surface area contributed by atoms with Gasteiger partial charge < -0.3 is 14.6 Å². The van der Waals surface area contributed by atoms with Crippen LogP contribution in [0.3, 0.4) is 0 Å². The summed E-state index contributed by atoms with van der Waals surface area (Å²) in [5.74, 6) is 2.03. The molecule has 1 aliphatic carbocycles. The van der Waals surface area contributed by atoms with E-state index in [-0.39, 0.29) is 6.04 Å². The molecule has 1 aliphatic rings. The highest BCUT2D eigenvalue weighted by molar-refractivity contribution is 5.09. The van der Waals surface area contributed by atoms with Crippen LogP contribution in [0, 0.1) is 6.92 Å². The standard InChI is InChI=1S/C16H28N2O/c1-13-8-9-15(19-13)14(2)17-12-16(18(3)4)10-6-5-7-11-16/h8-9,14,17H,5-7,10-12H2,1-4H3. The van der Waals surface area contributed by atoms with Crippen LogP contribution in [0.5, 0.6) is 0 Å². The van der Waals surface area contributed by atoms with Gasteiger partial charge in [-0.05, 0) is 52.9 Å². The van der Waals surface area contributed by atoms with Gasteiger partial charge in [-0.3, -0.25) is 0 Å². The first-order chi connectivity index (χ1) is 9.03. The maximum Gasteiger partial charge on any atom is 0.120 e. The van der Waals surface area contributed by atoms with E-state index in [1.807, 2.05) is 13.0 Å². The molecule has 0 aromatic carbocycles. The van der Waals surface area contributed by atoms with Crippen molar-refractivity contribution in [1.82, 2.24) is 10.2 Å². The summed E-state index contributed by atoms with van der Waals surface area (Å²) in [5.41, 5.74) is 0.328. The first-order valence-corrected chi connectivity index (χ1v) is 7.51. The second-order valence-corrected chi connectivity index (χ2v) is 6.23. The third kappa shape index (κ3) is 3.40. The van der Waals surface area contributed by atoms with Crippen molar-refractivity contribution in [3.63, 3.8) is 0 Å². The molecule has 1 N–H and O–H groups in total. The molecular formula is C16H28N2O. The van der Waals surface area contributed by atoms with Gasteiger partial charge in [-0.2, -0.15) is 0 Å². The van der Waals surface area contributed by atoms with Crippen LogP contribution in [0.4, 0.5) is 0 Å². The summed E-state index contributed by atoms with van der Waals surface area (Å²) in [6, 6.07) is 4.40. The number of rotatable bonds is 5. The van der Waals surface area contributed by atoms with Gasteiger partial charge in [0.05, 0.1) is 6.04 Å². The smallest absolute Gasteiger partial charge is 0.120 e. The molecule has 1 saturated carbocycles. The Bertz CT molecular complexity index is 391. The van der Waals surface area contributed by atoms with E-state index in [0.717, 1.165) is 18.1 Å². The van der Waals surface area contributed by atoms with Crippen LogP contribution in [-0.4, -0.2) is 31.1 Å². The number of nitrogens with one attached hydrogen (secondary N) is 1. The summed E-state index contributed by atoms with van der Waals surface area (Å²) < 4.78 is 5.70. The fraction of sp³-hybridized carbons (Fsp3) is 0.750. The Balaban J connectivity index is 1.95. The lowest BCUT2D eigenvalue weighted by atomic mass is 9.80. The summed E-state index contributed by atoms with van der Waals surface area (Å²) in [7, 11) is 4.43. The maximum absolute atomic E-state index is 5.70. The minimum atomic E-state index is 0.285. The van der Waals surface area contributed by atoms with Gasteiger partial charge in [0.15, 0.2) is 0 Å². The minimum absolute atomic E-state index is 0.285. The van der Waals surface area contributed by atoms with E-state index in [1.54, 1.807) is 0 Å². The molecule has 1 unspecified atom stereocenters. The molecule has 19 heavy (non-hydrogen) atoms. The van der Waals surface area contributed by atoms with Gasteiger partial charge in [0.2, 0.25) is 0 Å². The van der Waals surface area contributed by atoms with Crippen molar-refractivity contribution < 1.29 is 4.42 Å².